The second kappa shape index (κ2) is 5.51. The minimum Gasteiger partial charge on any atom is -0.377 e. The fourth-order valence-corrected chi connectivity index (χ4v) is 3.12. The number of hydrogen-bond donors (Lipinski definition) is 1. The van der Waals surface area contributed by atoms with E-state index >= 15 is 0 Å². The van der Waals surface area contributed by atoms with Crippen LogP contribution >= 0.6 is 15.9 Å². The zero-order valence-electron chi connectivity index (χ0n) is 10.5. The van der Waals surface area contributed by atoms with Gasteiger partial charge in [-0.1, -0.05) is 28.1 Å². The lowest BCUT2D eigenvalue weighted by atomic mass is 9.72. The Hall–Kier alpha value is -0.380. The average Bonchev–Trinajstić information content (AvgIpc) is 2.27. The van der Waals surface area contributed by atoms with Gasteiger partial charge in [0.05, 0.1) is 5.60 Å². The van der Waals surface area contributed by atoms with E-state index in [0.29, 0.717) is 6.04 Å². The summed E-state index contributed by atoms with van der Waals surface area (Å²) < 4.78 is 6.90. The molecule has 1 fully saturated rings. The first-order valence-corrected chi connectivity index (χ1v) is 6.96. The first kappa shape index (κ1) is 13.1. The molecule has 1 saturated carbocycles. The SMILES string of the molecule is CNC(Cc1cccc(Br)c1)C1(OC)CCC1. The molecule has 0 radical (unpaired) electrons. The number of hydrogen-bond acceptors (Lipinski definition) is 2. The number of nitrogens with one attached hydrogen (secondary N) is 1. The topological polar surface area (TPSA) is 21.3 Å². The van der Waals surface area contributed by atoms with Gasteiger partial charge in [0.25, 0.3) is 0 Å². The highest BCUT2D eigenvalue weighted by atomic mass is 79.9. The van der Waals surface area contributed by atoms with Crippen LogP contribution in [0.5, 0.6) is 0 Å². The molecular formula is C14H20BrNO. The van der Waals surface area contributed by atoms with Crippen LogP contribution in [-0.2, 0) is 11.2 Å². The van der Waals surface area contributed by atoms with Crippen molar-refractivity contribution in [3.63, 3.8) is 0 Å². The summed E-state index contributed by atoms with van der Waals surface area (Å²) in [4.78, 5) is 0. The molecule has 2 rings (SSSR count). The largest absolute Gasteiger partial charge is 0.377 e. The molecule has 17 heavy (non-hydrogen) atoms. The highest BCUT2D eigenvalue weighted by molar-refractivity contribution is 9.10. The van der Waals surface area contributed by atoms with Gasteiger partial charge in [-0.2, -0.15) is 0 Å². The van der Waals surface area contributed by atoms with Gasteiger partial charge in [0, 0.05) is 17.6 Å². The van der Waals surface area contributed by atoms with E-state index in [-0.39, 0.29) is 5.60 Å². The predicted octanol–water partition coefficient (Wildman–Crippen LogP) is 3.15. The van der Waals surface area contributed by atoms with Crippen molar-refractivity contribution in [3.05, 3.63) is 34.3 Å². The third-order valence-corrected chi connectivity index (χ3v) is 4.41. The van der Waals surface area contributed by atoms with Crippen molar-refractivity contribution >= 4 is 15.9 Å². The predicted molar refractivity (Wildman–Crippen MR) is 74.3 cm³/mol. The van der Waals surface area contributed by atoms with Gasteiger partial charge in [-0.15, -0.1) is 0 Å². The average molecular weight is 298 g/mol. The van der Waals surface area contributed by atoms with Crippen molar-refractivity contribution in [2.75, 3.05) is 14.2 Å². The van der Waals surface area contributed by atoms with Crippen LogP contribution in [0.15, 0.2) is 28.7 Å². The van der Waals surface area contributed by atoms with E-state index < -0.39 is 0 Å². The maximum Gasteiger partial charge on any atom is 0.0834 e. The standard InChI is InChI=1S/C14H20BrNO/c1-16-13(14(17-2)7-4-8-14)10-11-5-3-6-12(15)9-11/h3,5-6,9,13,16H,4,7-8,10H2,1-2H3. The Balaban J connectivity index is 2.09. The smallest absolute Gasteiger partial charge is 0.0834 e. The molecule has 1 aliphatic rings. The molecule has 1 aromatic rings. The van der Waals surface area contributed by atoms with Crippen molar-refractivity contribution in [2.45, 2.75) is 37.3 Å². The lowest BCUT2D eigenvalue weighted by Crippen LogP contribution is -2.56. The molecule has 1 unspecified atom stereocenters. The number of methoxy groups -OCH3 is 1. The van der Waals surface area contributed by atoms with Crippen LogP contribution in [-0.4, -0.2) is 25.8 Å². The Morgan fingerprint density at radius 3 is 2.71 bits per heavy atom. The Kier molecular flexibility index (Phi) is 4.23. The first-order chi connectivity index (χ1) is 8.20. The van der Waals surface area contributed by atoms with Crippen LogP contribution in [0.1, 0.15) is 24.8 Å². The fourth-order valence-electron chi connectivity index (χ4n) is 2.67. The minimum atomic E-state index is 0.0526. The molecule has 0 heterocycles. The van der Waals surface area contributed by atoms with E-state index in [1.54, 1.807) is 0 Å². The number of ether oxygens (including phenoxy) is 1. The Bertz CT molecular complexity index is 371. The van der Waals surface area contributed by atoms with E-state index in [4.69, 9.17) is 4.74 Å². The summed E-state index contributed by atoms with van der Waals surface area (Å²) in [7, 11) is 3.87. The van der Waals surface area contributed by atoms with Crippen molar-refractivity contribution in [3.8, 4) is 0 Å². The molecule has 0 aromatic heterocycles. The molecule has 1 aromatic carbocycles. The van der Waals surface area contributed by atoms with Gasteiger partial charge in [-0.25, -0.2) is 0 Å². The summed E-state index contributed by atoms with van der Waals surface area (Å²) in [5.41, 5.74) is 1.40. The monoisotopic (exact) mass is 297 g/mol. The molecule has 0 spiro atoms. The quantitative estimate of drug-likeness (QED) is 0.901. The molecule has 2 nitrogen and oxygen atoms in total. The molecule has 1 atom stereocenters. The van der Waals surface area contributed by atoms with Crippen molar-refractivity contribution < 1.29 is 4.74 Å². The van der Waals surface area contributed by atoms with Gasteiger partial charge in [-0.05, 0) is 50.4 Å². The van der Waals surface area contributed by atoms with Gasteiger partial charge in [-0.3, -0.25) is 0 Å². The van der Waals surface area contributed by atoms with Crippen LogP contribution < -0.4 is 5.32 Å². The van der Waals surface area contributed by atoms with E-state index in [9.17, 15) is 0 Å². The van der Waals surface area contributed by atoms with E-state index in [1.165, 1.54) is 24.8 Å². The molecular weight excluding hydrogens is 278 g/mol. The van der Waals surface area contributed by atoms with Gasteiger partial charge in [0.2, 0.25) is 0 Å². The van der Waals surface area contributed by atoms with Crippen molar-refractivity contribution in [2.24, 2.45) is 0 Å². The summed E-state index contributed by atoms with van der Waals surface area (Å²) in [6.45, 7) is 0. The summed E-state index contributed by atoms with van der Waals surface area (Å²) in [6.07, 6.45) is 4.64. The normalized spacial score (nSPS) is 19.7. The maximum absolute atomic E-state index is 5.76. The zero-order chi connectivity index (χ0) is 12.3. The van der Waals surface area contributed by atoms with Crippen LogP contribution in [0.25, 0.3) is 0 Å². The third kappa shape index (κ3) is 2.72. The van der Waals surface area contributed by atoms with Gasteiger partial charge in [0.1, 0.15) is 0 Å². The van der Waals surface area contributed by atoms with Crippen LogP contribution in [0.3, 0.4) is 0 Å². The Morgan fingerprint density at radius 1 is 1.47 bits per heavy atom. The van der Waals surface area contributed by atoms with Crippen LogP contribution in [0.4, 0.5) is 0 Å². The Labute approximate surface area is 112 Å². The lowest BCUT2D eigenvalue weighted by Gasteiger charge is -2.46. The summed E-state index contributed by atoms with van der Waals surface area (Å²) in [6, 6.07) is 8.92. The van der Waals surface area contributed by atoms with Gasteiger partial charge in [0.15, 0.2) is 0 Å². The highest BCUT2D eigenvalue weighted by Gasteiger charge is 2.43. The van der Waals surface area contributed by atoms with E-state index in [1.807, 2.05) is 14.2 Å². The number of likely N-dealkylation sites (N-methyl/N-ethyl adjacent to an activating group) is 1. The Morgan fingerprint density at radius 2 is 2.24 bits per heavy atom. The molecule has 0 saturated heterocycles. The summed E-state index contributed by atoms with van der Waals surface area (Å²) in [5, 5.41) is 3.42. The molecule has 3 heteroatoms. The van der Waals surface area contributed by atoms with Crippen LogP contribution in [0, 0.1) is 0 Å². The van der Waals surface area contributed by atoms with Gasteiger partial charge >= 0.3 is 0 Å². The second-order valence-corrected chi connectivity index (χ2v) is 5.71. The summed E-state index contributed by atoms with van der Waals surface area (Å²) >= 11 is 3.52. The third-order valence-electron chi connectivity index (χ3n) is 3.92. The van der Waals surface area contributed by atoms with Crippen LogP contribution in [0.2, 0.25) is 0 Å². The number of benzene rings is 1. The summed E-state index contributed by atoms with van der Waals surface area (Å²) in [5.74, 6) is 0. The second-order valence-electron chi connectivity index (χ2n) is 4.80. The molecule has 0 aliphatic heterocycles. The fraction of sp³-hybridized carbons (Fsp3) is 0.571. The van der Waals surface area contributed by atoms with E-state index in [2.05, 4.69) is 45.5 Å². The lowest BCUT2D eigenvalue weighted by molar-refractivity contribution is -0.0966. The molecule has 0 amide bonds. The number of rotatable bonds is 5. The molecule has 0 bridgehead atoms. The van der Waals surface area contributed by atoms with Crippen molar-refractivity contribution in [1.82, 2.24) is 5.32 Å². The number of halogens is 1. The first-order valence-electron chi connectivity index (χ1n) is 6.17. The maximum atomic E-state index is 5.76. The molecule has 94 valence electrons. The molecule has 1 N–H and O–H groups in total. The van der Waals surface area contributed by atoms with Gasteiger partial charge < -0.3 is 10.1 Å². The molecule has 1 aliphatic carbocycles. The van der Waals surface area contributed by atoms with E-state index in [0.717, 1.165) is 10.9 Å². The highest BCUT2D eigenvalue weighted by Crippen LogP contribution is 2.39. The zero-order valence-corrected chi connectivity index (χ0v) is 12.1. The van der Waals surface area contributed by atoms with Crippen molar-refractivity contribution in [1.29, 1.82) is 0 Å². The minimum absolute atomic E-state index is 0.0526.